The van der Waals surface area contributed by atoms with Crippen molar-refractivity contribution in [3.05, 3.63) is 29.7 Å². The summed E-state index contributed by atoms with van der Waals surface area (Å²) in [6.07, 6.45) is 0. The lowest BCUT2D eigenvalue weighted by atomic mass is 10.1. The molecule has 0 atom stereocenters. The molecular weight excluding hydrogens is 243 g/mol. The fraction of sp³-hybridized carbons (Fsp3) is 0.0909. The van der Waals surface area contributed by atoms with Crippen LogP contribution in [-0.2, 0) is 0 Å². The molecule has 0 radical (unpaired) electrons. The number of phenolic OH excluding ortho intramolecular Hbond substituents is 1. The molecule has 3 N–H and O–H groups in total. The van der Waals surface area contributed by atoms with E-state index in [0.29, 0.717) is 0 Å². The van der Waals surface area contributed by atoms with E-state index in [4.69, 9.17) is 9.84 Å². The number of carboxylic acids is 1. The molecule has 1 aromatic heterocycles. The zero-order valence-corrected chi connectivity index (χ0v) is 9.27. The van der Waals surface area contributed by atoms with Gasteiger partial charge in [-0.2, -0.15) is 5.10 Å². The molecule has 0 saturated carbocycles. The lowest BCUT2D eigenvalue weighted by Gasteiger charge is -2.08. The Balaban J connectivity index is 2.58. The van der Waals surface area contributed by atoms with Gasteiger partial charge in [-0.15, -0.1) is 0 Å². The van der Waals surface area contributed by atoms with E-state index in [1.165, 1.54) is 13.2 Å². The number of methoxy groups -OCH3 is 1. The van der Waals surface area contributed by atoms with Crippen molar-refractivity contribution in [2.24, 2.45) is 0 Å². The van der Waals surface area contributed by atoms with Crippen molar-refractivity contribution < 1.29 is 24.1 Å². The average molecular weight is 252 g/mol. The van der Waals surface area contributed by atoms with Gasteiger partial charge in [0.25, 0.3) is 0 Å². The number of carbonyl (C=O) groups is 1. The molecule has 0 aliphatic rings. The number of aromatic carboxylic acids is 1. The number of aromatic amines is 1. The van der Waals surface area contributed by atoms with E-state index in [1.807, 2.05) is 0 Å². The van der Waals surface area contributed by atoms with Crippen molar-refractivity contribution in [1.82, 2.24) is 10.2 Å². The van der Waals surface area contributed by atoms with Gasteiger partial charge in [-0.1, -0.05) is 0 Å². The molecule has 0 saturated heterocycles. The van der Waals surface area contributed by atoms with E-state index < -0.39 is 11.8 Å². The van der Waals surface area contributed by atoms with Gasteiger partial charge in [0.15, 0.2) is 0 Å². The number of nitrogens with zero attached hydrogens (tertiary/aromatic N) is 1. The number of aromatic nitrogens is 2. The van der Waals surface area contributed by atoms with Crippen molar-refractivity contribution in [2.45, 2.75) is 0 Å². The van der Waals surface area contributed by atoms with E-state index in [1.54, 1.807) is 0 Å². The molecule has 2 rings (SSSR count). The molecule has 0 amide bonds. The van der Waals surface area contributed by atoms with Gasteiger partial charge in [0.05, 0.1) is 12.7 Å². The number of ether oxygens (including phenoxy) is 1. The van der Waals surface area contributed by atoms with Crippen LogP contribution in [0.25, 0.3) is 11.3 Å². The zero-order valence-electron chi connectivity index (χ0n) is 9.27. The van der Waals surface area contributed by atoms with Gasteiger partial charge in [0.1, 0.15) is 28.7 Å². The summed E-state index contributed by atoms with van der Waals surface area (Å²) in [7, 11) is 1.31. The van der Waals surface area contributed by atoms with Gasteiger partial charge in [-0.05, 0) is 6.07 Å². The predicted molar refractivity (Wildman–Crippen MR) is 59.2 cm³/mol. The summed E-state index contributed by atoms with van der Waals surface area (Å²) in [6, 6.07) is 3.19. The van der Waals surface area contributed by atoms with Crippen LogP contribution in [0.5, 0.6) is 11.5 Å². The van der Waals surface area contributed by atoms with Crippen LogP contribution in [0.1, 0.15) is 10.5 Å². The normalized spacial score (nSPS) is 10.3. The van der Waals surface area contributed by atoms with Crippen molar-refractivity contribution in [3.8, 4) is 22.8 Å². The van der Waals surface area contributed by atoms with Gasteiger partial charge in [0, 0.05) is 12.1 Å². The molecule has 0 bridgehead atoms. The minimum atomic E-state index is -1.19. The van der Waals surface area contributed by atoms with Crippen molar-refractivity contribution in [2.75, 3.05) is 7.11 Å². The van der Waals surface area contributed by atoms with Crippen molar-refractivity contribution in [3.63, 3.8) is 0 Å². The summed E-state index contributed by atoms with van der Waals surface area (Å²) in [6.45, 7) is 0. The molecule has 94 valence electrons. The largest absolute Gasteiger partial charge is 0.507 e. The Morgan fingerprint density at radius 2 is 2.17 bits per heavy atom. The zero-order chi connectivity index (χ0) is 13.3. The maximum absolute atomic E-state index is 13.1. The first-order chi connectivity index (χ1) is 8.52. The van der Waals surface area contributed by atoms with Crippen LogP contribution in [0.2, 0.25) is 0 Å². The van der Waals surface area contributed by atoms with Crippen LogP contribution in [0.15, 0.2) is 18.2 Å². The maximum atomic E-state index is 13.1. The van der Waals surface area contributed by atoms with Crippen molar-refractivity contribution in [1.29, 1.82) is 0 Å². The second kappa shape index (κ2) is 4.36. The smallest absolute Gasteiger partial charge is 0.353 e. The first-order valence-corrected chi connectivity index (χ1v) is 4.88. The number of hydrogen-bond donors (Lipinski definition) is 3. The van der Waals surface area contributed by atoms with E-state index in [-0.39, 0.29) is 28.5 Å². The second-order valence-corrected chi connectivity index (χ2v) is 3.47. The molecule has 0 fully saturated rings. The van der Waals surface area contributed by atoms with E-state index in [9.17, 15) is 14.3 Å². The number of hydrogen-bond acceptors (Lipinski definition) is 4. The van der Waals surface area contributed by atoms with E-state index in [0.717, 1.165) is 12.1 Å². The summed E-state index contributed by atoms with van der Waals surface area (Å²) in [5.74, 6) is -2.16. The third-order valence-electron chi connectivity index (χ3n) is 2.33. The SMILES string of the molecule is COc1cc(F)cc(O)c1-c1cc(C(=O)O)[nH]n1. The van der Waals surface area contributed by atoms with Crippen LogP contribution in [0, 0.1) is 5.82 Å². The van der Waals surface area contributed by atoms with Crippen LogP contribution < -0.4 is 4.74 Å². The monoisotopic (exact) mass is 252 g/mol. The Bertz CT molecular complexity index is 609. The Hall–Kier alpha value is -2.57. The minimum absolute atomic E-state index is 0.0657. The van der Waals surface area contributed by atoms with Gasteiger partial charge >= 0.3 is 5.97 Å². The highest BCUT2D eigenvalue weighted by Crippen LogP contribution is 2.37. The fourth-order valence-corrected chi connectivity index (χ4v) is 1.55. The summed E-state index contributed by atoms with van der Waals surface area (Å²) in [4.78, 5) is 10.7. The molecule has 0 aliphatic carbocycles. The number of carboxylic acid groups (broad SMARTS) is 1. The third-order valence-corrected chi connectivity index (χ3v) is 2.33. The fourth-order valence-electron chi connectivity index (χ4n) is 1.55. The maximum Gasteiger partial charge on any atom is 0.353 e. The first-order valence-electron chi connectivity index (χ1n) is 4.88. The molecule has 7 heteroatoms. The second-order valence-electron chi connectivity index (χ2n) is 3.47. The highest BCUT2D eigenvalue weighted by molar-refractivity contribution is 5.87. The Kier molecular flexibility index (Phi) is 2.88. The molecular formula is C11H9FN2O4. The first kappa shape index (κ1) is 11.9. The highest BCUT2D eigenvalue weighted by Gasteiger charge is 2.18. The molecule has 1 heterocycles. The number of aromatic hydroxyl groups is 1. The Morgan fingerprint density at radius 3 is 2.72 bits per heavy atom. The highest BCUT2D eigenvalue weighted by atomic mass is 19.1. The molecule has 2 aromatic rings. The molecule has 18 heavy (non-hydrogen) atoms. The quantitative estimate of drug-likeness (QED) is 0.771. The van der Waals surface area contributed by atoms with Gasteiger partial charge in [0.2, 0.25) is 0 Å². The van der Waals surface area contributed by atoms with Crippen LogP contribution >= 0.6 is 0 Å². The molecule has 0 unspecified atom stereocenters. The number of H-pyrrole nitrogens is 1. The average Bonchev–Trinajstić information content (AvgIpc) is 2.77. The molecule has 0 aliphatic heterocycles. The number of halogens is 1. The molecule has 0 spiro atoms. The number of phenols is 1. The van der Waals surface area contributed by atoms with Crippen LogP contribution in [-0.4, -0.2) is 33.5 Å². The van der Waals surface area contributed by atoms with Crippen molar-refractivity contribution >= 4 is 5.97 Å². The number of rotatable bonds is 3. The molecule has 1 aromatic carbocycles. The summed E-state index contributed by atoms with van der Waals surface area (Å²) in [5.41, 5.74) is 0.139. The van der Waals surface area contributed by atoms with Gasteiger partial charge in [-0.3, -0.25) is 5.10 Å². The molecule has 6 nitrogen and oxygen atoms in total. The lowest BCUT2D eigenvalue weighted by molar-refractivity contribution is 0.0690. The van der Waals surface area contributed by atoms with E-state index in [2.05, 4.69) is 10.2 Å². The predicted octanol–water partition coefficient (Wildman–Crippen LogP) is 1.63. The summed E-state index contributed by atoms with van der Waals surface area (Å²) >= 11 is 0. The third kappa shape index (κ3) is 1.97. The van der Waals surface area contributed by atoms with Crippen LogP contribution in [0.3, 0.4) is 0 Å². The lowest BCUT2D eigenvalue weighted by Crippen LogP contribution is -1.95. The minimum Gasteiger partial charge on any atom is -0.507 e. The topological polar surface area (TPSA) is 95.4 Å². The van der Waals surface area contributed by atoms with E-state index >= 15 is 0 Å². The summed E-state index contributed by atoms with van der Waals surface area (Å²) in [5, 5.41) is 24.5. The number of nitrogens with one attached hydrogen (secondary N) is 1. The summed E-state index contributed by atoms with van der Waals surface area (Å²) < 4.78 is 18.0. The van der Waals surface area contributed by atoms with Gasteiger partial charge < -0.3 is 14.9 Å². The number of benzene rings is 1. The standard InChI is InChI=1S/C11H9FN2O4/c1-18-9-3-5(12)2-8(15)10(9)6-4-7(11(16)17)14-13-6/h2-4,15H,1H3,(H,13,14)(H,16,17). The Labute approximate surface area is 101 Å². The Morgan fingerprint density at radius 1 is 1.44 bits per heavy atom. The van der Waals surface area contributed by atoms with Gasteiger partial charge in [-0.25, -0.2) is 9.18 Å². The van der Waals surface area contributed by atoms with Crippen LogP contribution in [0.4, 0.5) is 4.39 Å².